The van der Waals surface area contributed by atoms with Crippen molar-refractivity contribution in [1.29, 1.82) is 0 Å². The lowest BCUT2D eigenvalue weighted by Crippen LogP contribution is -2.21. The Labute approximate surface area is 131 Å². The zero-order valence-corrected chi connectivity index (χ0v) is 13.0. The first-order valence-corrected chi connectivity index (χ1v) is 7.37. The summed E-state index contributed by atoms with van der Waals surface area (Å²) >= 11 is 0. The van der Waals surface area contributed by atoms with E-state index >= 15 is 0 Å². The van der Waals surface area contributed by atoms with E-state index < -0.39 is 0 Å². The van der Waals surface area contributed by atoms with Gasteiger partial charge in [-0.25, -0.2) is 0 Å². The van der Waals surface area contributed by atoms with Gasteiger partial charge in [-0.15, -0.1) is 0 Å². The fourth-order valence-corrected chi connectivity index (χ4v) is 1.99. The predicted octanol–water partition coefficient (Wildman–Crippen LogP) is 3.99. The largest absolute Gasteiger partial charge is 0.758 e. The van der Waals surface area contributed by atoms with Gasteiger partial charge >= 0.3 is 0 Å². The lowest BCUT2D eigenvalue weighted by Gasteiger charge is -2.33. The monoisotopic (exact) mass is 300 g/mol. The summed E-state index contributed by atoms with van der Waals surface area (Å²) in [6.45, 7) is 4.58. The summed E-state index contributed by atoms with van der Waals surface area (Å²) in [4.78, 5) is 0. The molecule has 1 atom stereocenters. The minimum atomic E-state index is 0.339. The van der Waals surface area contributed by atoms with Crippen LogP contribution in [0.4, 0.5) is 17.1 Å². The first-order valence-electron chi connectivity index (χ1n) is 7.37. The van der Waals surface area contributed by atoms with Crippen molar-refractivity contribution in [3.05, 3.63) is 47.7 Å². The number of nitrogens with zero attached hydrogens (tertiary/aromatic N) is 1. The van der Waals surface area contributed by atoms with Crippen molar-refractivity contribution >= 4 is 17.1 Å². The maximum atomic E-state index is 12.2. The summed E-state index contributed by atoms with van der Waals surface area (Å²) in [5, 5.41) is 13.1. The highest BCUT2D eigenvalue weighted by atomic mass is 16.5. The quantitative estimate of drug-likeness (QED) is 0.622. The van der Waals surface area contributed by atoms with Crippen LogP contribution < -0.4 is 21.3 Å². The Morgan fingerprint density at radius 1 is 1.18 bits per heavy atom. The highest BCUT2D eigenvalue weighted by Gasteiger charge is 2.06. The highest BCUT2D eigenvalue weighted by Crippen LogP contribution is 2.31. The molecule has 0 aliphatic heterocycles. The van der Waals surface area contributed by atoms with E-state index in [2.05, 4.69) is 13.8 Å². The number of nitrogen functional groups attached to an aromatic ring is 2. The normalized spacial score (nSPS) is 12.0. The molecule has 0 bridgehead atoms. The molecule has 1 unspecified atom stereocenters. The summed E-state index contributed by atoms with van der Waals surface area (Å²) in [6, 6.07) is 12.1. The van der Waals surface area contributed by atoms with E-state index in [4.69, 9.17) is 16.2 Å². The van der Waals surface area contributed by atoms with Crippen LogP contribution in [0.15, 0.2) is 42.5 Å². The molecule has 0 aliphatic carbocycles. The number of rotatable bonds is 6. The van der Waals surface area contributed by atoms with Crippen LogP contribution in [0.2, 0.25) is 0 Å². The number of anilines is 3. The lowest BCUT2D eigenvalue weighted by molar-refractivity contribution is 0.485. The van der Waals surface area contributed by atoms with Gasteiger partial charge in [0.15, 0.2) is 5.75 Å². The Kier molecular flexibility index (Phi) is 5.12. The molecule has 0 spiro atoms. The summed E-state index contributed by atoms with van der Waals surface area (Å²) in [6.07, 6.45) is 0.967. The van der Waals surface area contributed by atoms with Crippen molar-refractivity contribution in [2.75, 3.05) is 23.1 Å². The van der Waals surface area contributed by atoms with Crippen molar-refractivity contribution in [2.24, 2.45) is 5.92 Å². The lowest BCUT2D eigenvalue weighted by atomic mass is 10.1. The van der Waals surface area contributed by atoms with Crippen LogP contribution >= 0.6 is 0 Å². The van der Waals surface area contributed by atoms with Gasteiger partial charge in [-0.2, -0.15) is 0 Å². The van der Waals surface area contributed by atoms with Crippen LogP contribution in [-0.4, -0.2) is 6.54 Å². The molecule has 2 aromatic carbocycles. The van der Waals surface area contributed by atoms with Crippen molar-refractivity contribution in [2.45, 2.75) is 20.3 Å². The van der Waals surface area contributed by atoms with Gasteiger partial charge in [0, 0.05) is 30.1 Å². The van der Waals surface area contributed by atoms with E-state index in [-0.39, 0.29) is 0 Å². The highest BCUT2D eigenvalue weighted by molar-refractivity contribution is 5.61. The molecule has 0 heterocycles. The molecular weight excluding hydrogens is 278 g/mol. The molecule has 118 valence electrons. The number of hydrogen-bond donors (Lipinski definition) is 2. The maximum absolute atomic E-state index is 12.2. The third-order valence-electron chi connectivity index (χ3n) is 3.55. The van der Waals surface area contributed by atoms with E-state index in [0.29, 0.717) is 41.0 Å². The van der Waals surface area contributed by atoms with Gasteiger partial charge in [-0.05, 0) is 30.2 Å². The van der Waals surface area contributed by atoms with Gasteiger partial charge in [-0.3, -0.25) is 0 Å². The summed E-state index contributed by atoms with van der Waals surface area (Å²) in [5.41, 5.74) is 13.2. The minimum absolute atomic E-state index is 0.339. The topological polar surface area (TPSA) is 87.6 Å². The summed E-state index contributed by atoms with van der Waals surface area (Å²) < 4.78 is 5.74. The fraction of sp³-hybridized carbons (Fsp3) is 0.294. The average molecular weight is 300 g/mol. The van der Waals surface area contributed by atoms with Crippen LogP contribution in [0.3, 0.4) is 0 Å². The molecule has 5 heteroatoms. The number of nitrogens with two attached hydrogens (primary N) is 2. The molecule has 0 radical (unpaired) electrons. The molecule has 0 aromatic heterocycles. The molecule has 0 saturated carbocycles. The van der Waals surface area contributed by atoms with Crippen molar-refractivity contribution in [3.8, 4) is 11.5 Å². The molecule has 0 saturated heterocycles. The molecule has 2 rings (SSSR count). The first-order chi connectivity index (χ1) is 10.5. The van der Waals surface area contributed by atoms with Gasteiger partial charge in [-0.1, -0.05) is 26.3 Å². The molecule has 0 aliphatic rings. The molecule has 5 nitrogen and oxygen atoms in total. The summed E-state index contributed by atoms with van der Waals surface area (Å²) in [5.74, 6) is 1.38. The van der Waals surface area contributed by atoms with Gasteiger partial charge in [0.1, 0.15) is 5.75 Å². The molecule has 4 N–H and O–H groups in total. The molecule has 0 amide bonds. The minimum Gasteiger partial charge on any atom is -0.758 e. The second-order valence-corrected chi connectivity index (χ2v) is 5.47. The Morgan fingerprint density at radius 3 is 2.68 bits per heavy atom. The third-order valence-corrected chi connectivity index (χ3v) is 3.55. The van der Waals surface area contributed by atoms with E-state index in [0.717, 1.165) is 11.5 Å². The average Bonchev–Trinajstić information content (AvgIpc) is 2.51. The van der Waals surface area contributed by atoms with Crippen LogP contribution in [-0.2, 0) is 0 Å². The zero-order valence-electron chi connectivity index (χ0n) is 13.0. The number of hydrogen-bond acceptors (Lipinski definition) is 5. The van der Waals surface area contributed by atoms with Gasteiger partial charge in [0.25, 0.3) is 0 Å². The van der Waals surface area contributed by atoms with Gasteiger partial charge in [0.05, 0.1) is 5.69 Å². The van der Waals surface area contributed by atoms with Crippen LogP contribution in [0.25, 0.3) is 0 Å². The van der Waals surface area contributed by atoms with Crippen molar-refractivity contribution < 1.29 is 4.74 Å². The van der Waals surface area contributed by atoms with Gasteiger partial charge in [0.2, 0.25) is 0 Å². The molecule has 2 aromatic rings. The first kappa shape index (κ1) is 16.0. The van der Waals surface area contributed by atoms with Gasteiger partial charge < -0.3 is 26.5 Å². The van der Waals surface area contributed by atoms with Crippen LogP contribution in [0.1, 0.15) is 20.3 Å². The smallest absolute Gasteiger partial charge is 0.152 e. The second-order valence-electron chi connectivity index (χ2n) is 5.47. The second kappa shape index (κ2) is 7.04. The van der Waals surface area contributed by atoms with Crippen LogP contribution in [0.5, 0.6) is 11.5 Å². The standard InChI is InChI=1S/C17H22N3O2/c1-3-12(2)11-20(21)14-5-4-6-15(10-14)22-17-9-13(18)7-8-16(17)19/h4-10,12H,3,11,18-19H2,1-2H3/q-1. The number of benzene rings is 2. The third kappa shape index (κ3) is 4.05. The molecule has 0 fully saturated rings. The van der Waals surface area contributed by atoms with Crippen molar-refractivity contribution in [3.63, 3.8) is 0 Å². The number of ether oxygens (including phenoxy) is 1. The van der Waals surface area contributed by atoms with E-state index in [1.54, 1.807) is 42.5 Å². The summed E-state index contributed by atoms with van der Waals surface area (Å²) in [7, 11) is 0. The van der Waals surface area contributed by atoms with Crippen LogP contribution in [0, 0.1) is 11.1 Å². The Hall–Kier alpha value is -2.40. The Bertz CT molecular complexity index is 631. The fourth-order valence-electron chi connectivity index (χ4n) is 1.99. The Morgan fingerprint density at radius 2 is 1.95 bits per heavy atom. The maximum Gasteiger partial charge on any atom is 0.152 e. The Balaban J connectivity index is 2.16. The SMILES string of the molecule is CCC(C)CN([O-])c1cccc(Oc2cc(N)ccc2N)c1. The van der Waals surface area contributed by atoms with E-state index in [9.17, 15) is 5.21 Å². The van der Waals surface area contributed by atoms with E-state index in [1.165, 1.54) is 0 Å². The predicted molar refractivity (Wildman–Crippen MR) is 92.0 cm³/mol. The van der Waals surface area contributed by atoms with Crippen molar-refractivity contribution in [1.82, 2.24) is 0 Å². The zero-order chi connectivity index (χ0) is 16.1. The molecular formula is C17H22N3O2-. The van der Waals surface area contributed by atoms with E-state index in [1.807, 2.05) is 0 Å². The number of hydroxylamine groups is 1. The molecule has 22 heavy (non-hydrogen) atoms.